The summed E-state index contributed by atoms with van der Waals surface area (Å²) in [6, 6.07) is 23.8. The Kier molecular flexibility index (Phi) is 7.50. The van der Waals surface area contributed by atoms with Crippen molar-refractivity contribution < 1.29 is 9.53 Å². The van der Waals surface area contributed by atoms with Gasteiger partial charge in [-0.1, -0.05) is 60.3 Å². The zero-order chi connectivity index (χ0) is 19.6. The van der Waals surface area contributed by atoms with Gasteiger partial charge in [0, 0.05) is 19.3 Å². The smallest absolute Gasteiger partial charge is 0.233 e. The van der Waals surface area contributed by atoms with Gasteiger partial charge in [-0.25, -0.2) is 4.98 Å². The fourth-order valence-corrected chi connectivity index (χ4v) is 3.45. The molecule has 3 rings (SSSR count). The van der Waals surface area contributed by atoms with Gasteiger partial charge in [0.2, 0.25) is 5.91 Å². The van der Waals surface area contributed by atoms with Gasteiger partial charge in [-0.05, 0) is 42.3 Å². The number of hydrogen-bond donors (Lipinski definition) is 0. The highest BCUT2D eigenvalue weighted by molar-refractivity contribution is 7.99. The molecular weight excluding hydrogens is 368 g/mol. The van der Waals surface area contributed by atoms with E-state index in [1.165, 1.54) is 11.8 Å². The maximum atomic E-state index is 12.5. The summed E-state index contributed by atoms with van der Waals surface area (Å²) in [4.78, 5) is 18.6. The van der Waals surface area contributed by atoms with E-state index in [4.69, 9.17) is 4.74 Å². The van der Waals surface area contributed by atoms with E-state index >= 15 is 0 Å². The molecule has 0 fully saturated rings. The van der Waals surface area contributed by atoms with Crippen molar-refractivity contribution in [3.05, 3.63) is 90.1 Å². The predicted molar refractivity (Wildman–Crippen MR) is 113 cm³/mol. The van der Waals surface area contributed by atoms with Gasteiger partial charge in [0.25, 0.3) is 0 Å². The monoisotopic (exact) mass is 392 g/mol. The SMILES string of the molecule is CCN(Cc1ccc(OCc2ccccc2)cc1)C(=O)CSc1ccccn1. The molecule has 0 radical (unpaired) electrons. The lowest BCUT2D eigenvalue weighted by atomic mass is 10.2. The van der Waals surface area contributed by atoms with E-state index < -0.39 is 0 Å². The highest BCUT2D eigenvalue weighted by atomic mass is 32.2. The fourth-order valence-electron chi connectivity index (χ4n) is 2.69. The molecule has 144 valence electrons. The summed E-state index contributed by atoms with van der Waals surface area (Å²) in [6.07, 6.45) is 1.74. The molecule has 0 aliphatic carbocycles. The number of thioether (sulfide) groups is 1. The van der Waals surface area contributed by atoms with Crippen molar-refractivity contribution in [1.82, 2.24) is 9.88 Å². The molecule has 0 bridgehead atoms. The van der Waals surface area contributed by atoms with Gasteiger partial charge in [-0.3, -0.25) is 4.79 Å². The van der Waals surface area contributed by atoms with Crippen LogP contribution in [0.15, 0.2) is 84.0 Å². The second-order valence-corrected chi connectivity index (χ2v) is 7.28. The van der Waals surface area contributed by atoms with Crippen LogP contribution < -0.4 is 4.74 Å². The van der Waals surface area contributed by atoms with Crippen LogP contribution in [0.4, 0.5) is 0 Å². The summed E-state index contributed by atoms with van der Waals surface area (Å²) in [5.41, 5.74) is 2.23. The third kappa shape index (κ3) is 6.13. The maximum absolute atomic E-state index is 12.5. The Morgan fingerprint density at radius 1 is 0.964 bits per heavy atom. The number of nitrogens with zero attached hydrogens (tertiary/aromatic N) is 2. The fraction of sp³-hybridized carbons (Fsp3) is 0.217. The Balaban J connectivity index is 1.50. The van der Waals surface area contributed by atoms with E-state index in [2.05, 4.69) is 4.98 Å². The van der Waals surface area contributed by atoms with Crippen LogP contribution in [0.2, 0.25) is 0 Å². The number of benzene rings is 2. The molecule has 2 aromatic carbocycles. The molecule has 0 unspecified atom stereocenters. The normalized spacial score (nSPS) is 10.5. The van der Waals surface area contributed by atoms with Crippen LogP contribution in [0, 0.1) is 0 Å². The lowest BCUT2D eigenvalue weighted by Crippen LogP contribution is -2.31. The number of amides is 1. The number of rotatable bonds is 9. The minimum atomic E-state index is 0.113. The highest BCUT2D eigenvalue weighted by Crippen LogP contribution is 2.18. The number of aromatic nitrogens is 1. The minimum absolute atomic E-state index is 0.113. The van der Waals surface area contributed by atoms with Crippen molar-refractivity contribution in [3.63, 3.8) is 0 Å². The summed E-state index contributed by atoms with van der Waals surface area (Å²) in [7, 11) is 0. The Morgan fingerprint density at radius 2 is 1.71 bits per heavy atom. The van der Waals surface area contributed by atoms with Crippen molar-refractivity contribution in [2.24, 2.45) is 0 Å². The number of ether oxygens (including phenoxy) is 1. The van der Waals surface area contributed by atoms with Crippen molar-refractivity contribution in [1.29, 1.82) is 0 Å². The molecule has 3 aromatic rings. The summed E-state index contributed by atoms with van der Waals surface area (Å²) < 4.78 is 5.82. The van der Waals surface area contributed by atoms with Crippen LogP contribution in [0.5, 0.6) is 5.75 Å². The molecule has 28 heavy (non-hydrogen) atoms. The second-order valence-electron chi connectivity index (χ2n) is 6.28. The third-order valence-electron chi connectivity index (χ3n) is 4.26. The van der Waals surface area contributed by atoms with E-state index in [1.807, 2.05) is 84.6 Å². The number of hydrogen-bond acceptors (Lipinski definition) is 4. The van der Waals surface area contributed by atoms with E-state index in [1.54, 1.807) is 6.20 Å². The van der Waals surface area contributed by atoms with Crippen molar-refractivity contribution in [3.8, 4) is 5.75 Å². The summed E-state index contributed by atoms with van der Waals surface area (Å²) in [5, 5.41) is 0.867. The molecular formula is C23H24N2O2S. The molecule has 4 nitrogen and oxygen atoms in total. The first kappa shape index (κ1) is 20.0. The van der Waals surface area contributed by atoms with Crippen LogP contribution in [-0.2, 0) is 17.9 Å². The van der Waals surface area contributed by atoms with E-state index in [9.17, 15) is 4.79 Å². The Labute approximate surface area is 170 Å². The number of carbonyl (C=O) groups is 1. The first-order chi connectivity index (χ1) is 13.7. The number of carbonyl (C=O) groups excluding carboxylic acids is 1. The van der Waals surface area contributed by atoms with Gasteiger partial charge in [0.1, 0.15) is 12.4 Å². The molecule has 0 spiro atoms. The van der Waals surface area contributed by atoms with Crippen LogP contribution in [0.25, 0.3) is 0 Å². The Hall–Kier alpha value is -2.79. The van der Waals surface area contributed by atoms with Crippen molar-refractivity contribution >= 4 is 17.7 Å². The lowest BCUT2D eigenvalue weighted by molar-refractivity contribution is -0.128. The lowest BCUT2D eigenvalue weighted by Gasteiger charge is -2.21. The van der Waals surface area contributed by atoms with Crippen LogP contribution in [0.1, 0.15) is 18.1 Å². The molecule has 0 saturated carbocycles. The summed E-state index contributed by atoms with van der Waals surface area (Å²) in [6.45, 7) is 3.82. The van der Waals surface area contributed by atoms with Gasteiger partial charge < -0.3 is 9.64 Å². The molecule has 0 saturated heterocycles. The second kappa shape index (κ2) is 10.5. The number of pyridine rings is 1. The first-order valence-corrected chi connectivity index (χ1v) is 10.3. The van der Waals surface area contributed by atoms with Crippen molar-refractivity contribution in [2.75, 3.05) is 12.3 Å². The van der Waals surface area contributed by atoms with Gasteiger partial charge in [0.15, 0.2) is 0 Å². The van der Waals surface area contributed by atoms with Crippen molar-refractivity contribution in [2.45, 2.75) is 25.1 Å². The van der Waals surface area contributed by atoms with Crippen LogP contribution >= 0.6 is 11.8 Å². The summed E-state index contributed by atoms with van der Waals surface area (Å²) >= 11 is 1.47. The molecule has 1 aromatic heterocycles. The Morgan fingerprint density at radius 3 is 2.39 bits per heavy atom. The summed E-state index contributed by atoms with van der Waals surface area (Å²) in [5.74, 6) is 1.33. The van der Waals surface area contributed by atoms with Crippen LogP contribution in [-0.4, -0.2) is 28.1 Å². The van der Waals surface area contributed by atoms with E-state index in [0.717, 1.165) is 21.9 Å². The van der Waals surface area contributed by atoms with Gasteiger partial charge >= 0.3 is 0 Å². The van der Waals surface area contributed by atoms with E-state index in [-0.39, 0.29) is 5.91 Å². The molecule has 1 amide bonds. The molecule has 0 aliphatic heterocycles. The van der Waals surface area contributed by atoms with E-state index in [0.29, 0.717) is 25.4 Å². The van der Waals surface area contributed by atoms with Gasteiger partial charge in [0.05, 0.1) is 10.8 Å². The predicted octanol–water partition coefficient (Wildman–Crippen LogP) is 4.80. The molecule has 0 aliphatic rings. The quantitative estimate of drug-likeness (QED) is 0.491. The zero-order valence-corrected chi connectivity index (χ0v) is 16.8. The Bertz CT molecular complexity index is 855. The average Bonchev–Trinajstić information content (AvgIpc) is 2.76. The topological polar surface area (TPSA) is 42.4 Å². The van der Waals surface area contributed by atoms with Crippen LogP contribution in [0.3, 0.4) is 0 Å². The standard InChI is InChI=1S/C23H24N2O2S/c1-2-25(23(26)18-28-22-10-6-7-15-24-22)16-19-11-13-21(14-12-19)27-17-20-8-4-3-5-9-20/h3-15H,2,16-18H2,1H3. The molecule has 1 heterocycles. The molecule has 0 atom stereocenters. The average molecular weight is 393 g/mol. The largest absolute Gasteiger partial charge is 0.489 e. The third-order valence-corrected chi connectivity index (χ3v) is 5.19. The van der Waals surface area contributed by atoms with Gasteiger partial charge in [-0.15, -0.1) is 0 Å². The highest BCUT2D eigenvalue weighted by Gasteiger charge is 2.13. The minimum Gasteiger partial charge on any atom is -0.489 e. The first-order valence-electron chi connectivity index (χ1n) is 9.32. The van der Waals surface area contributed by atoms with Gasteiger partial charge in [-0.2, -0.15) is 0 Å². The molecule has 0 N–H and O–H groups in total. The maximum Gasteiger partial charge on any atom is 0.233 e. The zero-order valence-electron chi connectivity index (χ0n) is 16.0. The molecule has 5 heteroatoms.